The number of anilines is 1. The summed E-state index contributed by atoms with van der Waals surface area (Å²) in [7, 11) is 0. The van der Waals surface area contributed by atoms with E-state index >= 15 is 0 Å². The number of hydrogen-bond acceptors (Lipinski definition) is 4. The van der Waals surface area contributed by atoms with Gasteiger partial charge in [0.1, 0.15) is 5.58 Å². The van der Waals surface area contributed by atoms with Crippen molar-refractivity contribution in [2.45, 2.75) is 27.7 Å². The number of fused-ring (bicyclic) bond motifs is 3. The number of rotatable bonds is 3. The molecule has 2 aromatic heterocycles. The summed E-state index contributed by atoms with van der Waals surface area (Å²) in [4.78, 5) is 28.0. The van der Waals surface area contributed by atoms with Crippen molar-refractivity contribution in [1.82, 2.24) is 0 Å². The van der Waals surface area contributed by atoms with E-state index in [1.165, 1.54) is 16.9 Å². The summed E-state index contributed by atoms with van der Waals surface area (Å²) < 4.78 is 6.25. The Hall–Kier alpha value is -2.92. The summed E-state index contributed by atoms with van der Waals surface area (Å²) in [6.45, 7) is 8.58. The van der Waals surface area contributed by atoms with E-state index in [1.54, 1.807) is 17.0 Å². The summed E-state index contributed by atoms with van der Waals surface area (Å²) in [5.74, 6) is -0.104. The van der Waals surface area contributed by atoms with Gasteiger partial charge in [0, 0.05) is 17.6 Å². The van der Waals surface area contributed by atoms with E-state index in [-0.39, 0.29) is 5.91 Å². The Kier molecular flexibility index (Phi) is 4.55. The van der Waals surface area contributed by atoms with Gasteiger partial charge >= 0.3 is 5.63 Å². The molecule has 0 bridgehead atoms. The quantitative estimate of drug-likeness (QED) is 0.427. The van der Waals surface area contributed by atoms with Gasteiger partial charge in [-0.2, -0.15) is 0 Å². The van der Waals surface area contributed by atoms with E-state index in [2.05, 4.69) is 6.92 Å². The van der Waals surface area contributed by atoms with Crippen molar-refractivity contribution < 1.29 is 9.21 Å². The lowest BCUT2D eigenvalue weighted by Crippen LogP contribution is -2.30. The molecular weight excluding hydrogens is 370 g/mol. The highest BCUT2D eigenvalue weighted by Crippen LogP contribution is 2.32. The zero-order valence-electron chi connectivity index (χ0n) is 16.3. The predicted octanol–water partition coefficient (Wildman–Crippen LogP) is 5.60. The highest BCUT2D eigenvalue weighted by Gasteiger charge is 2.21. The first kappa shape index (κ1) is 18.4. The molecule has 5 heteroatoms. The van der Waals surface area contributed by atoms with Gasteiger partial charge in [0.2, 0.25) is 0 Å². The average Bonchev–Trinajstić information content (AvgIpc) is 3.12. The molecule has 0 aliphatic heterocycles. The van der Waals surface area contributed by atoms with Gasteiger partial charge in [-0.3, -0.25) is 4.79 Å². The molecule has 0 aliphatic rings. The monoisotopic (exact) mass is 391 g/mol. The van der Waals surface area contributed by atoms with Crippen molar-refractivity contribution in [3.63, 3.8) is 0 Å². The largest absolute Gasteiger partial charge is 0.422 e. The number of carbonyl (C=O) groups excluding carboxylic acids is 1. The van der Waals surface area contributed by atoms with Crippen LogP contribution in [-0.4, -0.2) is 12.5 Å². The lowest BCUT2D eigenvalue weighted by atomic mass is 10.1. The van der Waals surface area contributed by atoms with Gasteiger partial charge in [0.25, 0.3) is 5.91 Å². The molecule has 0 atom stereocenters. The Morgan fingerprint density at radius 1 is 1.00 bits per heavy atom. The van der Waals surface area contributed by atoms with Crippen molar-refractivity contribution in [2.24, 2.45) is 0 Å². The van der Waals surface area contributed by atoms with Crippen LogP contribution in [0.1, 0.15) is 33.3 Å². The molecule has 0 saturated heterocycles. The Bertz CT molecular complexity index is 1280. The van der Waals surface area contributed by atoms with Crippen LogP contribution in [0.4, 0.5) is 5.69 Å². The van der Waals surface area contributed by atoms with Crippen molar-refractivity contribution in [3.05, 3.63) is 74.5 Å². The lowest BCUT2D eigenvalue weighted by molar-refractivity contribution is 0.0992. The predicted molar refractivity (Wildman–Crippen MR) is 116 cm³/mol. The van der Waals surface area contributed by atoms with Gasteiger partial charge in [-0.25, -0.2) is 4.79 Å². The van der Waals surface area contributed by atoms with Crippen LogP contribution in [0.2, 0.25) is 0 Å². The molecule has 0 radical (unpaired) electrons. The van der Waals surface area contributed by atoms with Crippen molar-refractivity contribution in [3.8, 4) is 0 Å². The fraction of sp³-hybridized carbons (Fsp3) is 0.217. The van der Waals surface area contributed by atoms with Gasteiger partial charge in [-0.15, -0.1) is 11.3 Å². The first-order valence-corrected chi connectivity index (χ1v) is 10.1. The van der Waals surface area contributed by atoms with Crippen molar-refractivity contribution >= 4 is 44.0 Å². The normalized spacial score (nSPS) is 11.3. The van der Waals surface area contributed by atoms with E-state index < -0.39 is 5.63 Å². The maximum absolute atomic E-state index is 13.3. The van der Waals surface area contributed by atoms with E-state index in [0.717, 1.165) is 26.9 Å². The summed E-state index contributed by atoms with van der Waals surface area (Å²) in [6.07, 6.45) is 0. The van der Waals surface area contributed by atoms with Crippen LogP contribution in [0.15, 0.2) is 51.7 Å². The highest BCUT2D eigenvalue weighted by atomic mass is 32.1. The number of amides is 1. The number of nitrogens with zero attached hydrogens (tertiary/aromatic N) is 1. The molecule has 0 spiro atoms. The van der Waals surface area contributed by atoms with Crippen molar-refractivity contribution in [2.75, 3.05) is 11.4 Å². The third-order valence-electron chi connectivity index (χ3n) is 5.11. The van der Waals surface area contributed by atoms with Gasteiger partial charge in [0.15, 0.2) is 0 Å². The Labute approximate surface area is 167 Å². The van der Waals surface area contributed by atoms with Crippen LogP contribution in [0.25, 0.3) is 21.1 Å². The second-order valence-corrected chi connectivity index (χ2v) is 8.11. The van der Waals surface area contributed by atoms with E-state index in [1.807, 2.05) is 51.1 Å². The fourth-order valence-electron chi connectivity index (χ4n) is 3.38. The first-order chi connectivity index (χ1) is 13.4. The second-order valence-electron chi connectivity index (χ2n) is 7.06. The lowest BCUT2D eigenvalue weighted by Gasteiger charge is -2.21. The summed E-state index contributed by atoms with van der Waals surface area (Å²) in [5.41, 5.74) is 4.41. The summed E-state index contributed by atoms with van der Waals surface area (Å²) >= 11 is 1.35. The minimum atomic E-state index is -0.407. The van der Waals surface area contributed by atoms with Gasteiger partial charge < -0.3 is 9.32 Å². The van der Waals surface area contributed by atoms with Crippen LogP contribution in [0.5, 0.6) is 0 Å². The number of aryl methyl sites for hydroxylation is 3. The van der Waals surface area contributed by atoms with Crippen LogP contribution in [0, 0.1) is 20.8 Å². The average molecular weight is 391 g/mol. The molecule has 0 unspecified atom stereocenters. The topological polar surface area (TPSA) is 50.5 Å². The van der Waals surface area contributed by atoms with Crippen LogP contribution >= 0.6 is 11.3 Å². The Morgan fingerprint density at radius 3 is 2.50 bits per heavy atom. The van der Waals surface area contributed by atoms with Crippen LogP contribution in [0.3, 0.4) is 0 Å². The fourth-order valence-corrected chi connectivity index (χ4v) is 4.50. The first-order valence-electron chi connectivity index (χ1n) is 9.25. The number of hydrogen-bond donors (Lipinski definition) is 0. The minimum absolute atomic E-state index is 0.104. The molecule has 4 nitrogen and oxygen atoms in total. The molecule has 4 aromatic rings. The third-order valence-corrected chi connectivity index (χ3v) is 6.27. The second kappa shape index (κ2) is 6.91. The molecule has 142 valence electrons. The molecule has 1 amide bonds. The Morgan fingerprint density at radius 2 is 1.79 bits per heavy atom. The summed E-state index contributed by atoms with van der Waals surface area (Å²) in [6, 6.07) is 13.4. The summed E-state index contributed by atoms with van der Waals surface area (Å²) in [5, 5.41) is 1.33. The molecule has 0 saturated carbocycles. The molecule has 28 heavy (non-hydrogen) atoms. The molecule has 4 rings (SSSR count). The SMILES string of the molecule is CCN(C(=O)c1cc2c(=O)oc3ccc(C)cc3c2s1)c1ccc(C)c(C)c1. The zero-order chi connectivity index (χ0) is 20.0. The molecule has 0 N–H and O–H groups in total. The van der Waals surface area contributed by atoms with Crippen molar-refractivity contribution in [1.29, 1.82) is 0 Å². The number of benzene rings is 2. The molecule has 0 fully saturated rings. The number of thiophene rings is 1. The Balaban J connectivity index is 1.85. The van der Waals surface area contributed by atoms with Crippen LogP contribution < -0.4 is 10.5 Å². The smallest absolute Gasteiger partial charge is 0.345 e. The third kappa shape index (κ3) is 3.02. The molecule has 0 aliphatic carbocycles. The zero-order valence-corrected chi connectivity index (χ0v) is 17.1. The standard InChI is InChI=1S/C23H21NO3S/c1-5-24(16-8-7-14(3)15(4)11-16)22(25)20-12-18-21(28-20)17-10-13(2)6-9-19(17)27-23(18)26/h6-12H,5H2,1-4H3. The van der Waals surface area contributed by atoms with Gasteiger partial charge in [-0.1, -0.05) is 17.7 Å². The van der Waals surface area contributed by atoms with E-state index in [4.69, 9.17) is 4.42 Å². The van der Waals surface area contributed by atoms with Gasteiger partial charge in [0.05, 0.1) is 15.0 Å². The maximum atomic E-state index is 13.3. The van der Waals surface area contributed by atoms with E-state index in [0.29, 0.717) is 22.4 Å². The van der Waals surface area contributed by atoms with Crippen LogP contribution in [-0.2, 0) is 0 Å². The molecule has 2 aromatic carbocycles. The maximum Gasteiger partial charge on any atom is 0.345 e. The minimum Gasteiger partial charge on any atom is -0.422 e. The van der Waals surface area contributed by atoms with Gasteiger partial charge in [-0.05, 0) is 69.2 Å². The highest BCUT2D eigenvalue weighted by molar-refractivity contribution is 7.21. The van der Waals surface area contributed by atoms with E-state index in [9.17, 15) is 9.59 Å². The number of carbonyl (C=O) groups is 1. The molecular formula is C23H21NO3S. The molecule has 2 heterocycles.